The topological polar surface area (TPSA) is 35.5 Å². The number of hydrogen-bond donors (Lipinski definition) is 0. The van der Waals surface area contributed by atoms with Gasteiger partial charge in [0.25, 0.3) is 0 Å². The Morgan fingerprint density at radius 2 is 1.00 bits per heavy atom. The van der Waals surface area contributed by atoms with Crippen LogP contribution in [0.15, 0.2) is 48.5 Å². The van der Waals surface area contributed by atoms with E-state index in [1.165, 1.54) is 70.6 Å². The molecular weight excluding hydrogens is 420 g/mol. The normalized spacial score (nSPS) is 10.9. The van der Waals surface area contributed by atoms with Gasteiger partial charge in [0.1, 0.15) is 5.75 Å². The highest BCUT2D eigenvalue weighted by Gasteiger charge is 2.07. The van der Waals surface area contributed by atoms with Gasteiger partial charge in [-0.3, -0.25) is 0 Å². The second kappa shape index (κ2) is 18.1. The van der Waals surface area contributed by atoms with Crippen LogP contribution in [-0.2, 0) is 4.74 Å². The third-order valence-corrected chi connectivity index (χ3v) is 6.31. The molecule has 2 rings (SSSR count). The number of unbranched alkanes of at least 4 members (excludes halogenated alkanes) is 12. The molecule has 0 N–H and O–H groups in total. The third kappa shape index (κ3) is 11.7. The SMILES string of the molecule is CCCCCCCCCCOc1ccc(-c2ccc(C(=O)OCCCCCCCC)cc2)cc1. The van der Waals surface area contributed by atoms with Gasteiger partial charge in [0, 0.05) is 0 Å². The summed E-state index contributed by atoms with van der Waals surface area (Å²) >= 11 is 0. The number of hydrogen-bond acceptors (Lipinski definition) is 3. The first-order valence-electron chi connectivity index (χ1n) is 13.7. The molecule has 188 valence electrons. The summed E-state index contributed by atoms with van der Waals surface area (Å²) in [6, 6.07) is 15.9. The van der Waals surface area contributed by atoms with E-state index in [0.29, 0.717) is 12.2 Å². The van der Waals surface area contributed by atoms with Gasteiger partial charge < -0.3 is 9.47 Å². The number of ether oxygens (including phenoxy) is 2. The van der Waals surface area contributed by atoms with Crippen molar-refractivity contribution >= 4 is 5.97 Å². The van der Waals surface area contributed by atoms with Crippen LogP contribution in [0.4, 0.5) is 0 Å². The molecule has 0 unspecified atom stereocenters. The van der Waals surface area contributed by atoms with E-state index in [4.69, 9.17) is 9.47 Å². The van der Waals surface area contributed by atoms with Crippen molar-refractivity contribution in [2.45, 2.75) is 104 Å². The van der Waals surface area contributed by atoms with E-state index in [2.05, 4.69) is 26.0 Å². The number of benzene rings is 2. The molecule has 0 bridgehead atoms. The van der Waals surface area contributed by atoms with Crippen LogP contribution in [0.3, 0.4) is 0 Å². The summed E-state index contributed by atoms with van der Waals surface area (Å²) in [6.07, 6.45) is 17.6. The highest BCUT2D eigenvalue weighted by Crippen LogP contribution is 2.23. The van der Waals surface area contributed by atoms with E-state index < -0.39 is 0 Å². The summed E-state index contributed by atoms with van der Waals surface area (Å²) in [4.78, 5) is 12.3. The van der Waals surface area contributed by atoms with E-state index in [9.17, 15) is 4.79 Å². The maximum Gasteiger partial charge on any atom is 0.338 e. The van der Waals surface area contributed by atoms with Crippen molar-refractivity contribution in [2.24, 2.45) is 0 Å². The van der Waals surface area contributed by atoms with Crippen LogP contribution in [0.1, 0.15) is 114 Å². The van der Waals surface area contributed by atoms with Gasteiger partial charge in [-0.25, -0.2) is 4.79 Å². The van der Waals surface area contributed by atoms with Crippen molar-refractivity contribution in [3.8, 4) is 16.9 Å². The van der Waals surface area contributed by atoms with Crippen LogP contribution < -0.4 is 4.74 Å². The smallest absolute Gasteiger partial charge is 0.338 e. The van der Waals surface area contributed by atoms with E-state index in [1.807, 2.05) is 36.4 Å². The molecule has 0 radical (unpaired) electrons. The molecule has 0 amide bonds. The molecule has 34 heavy (non-hydrogen) atoms. The molecule has 3 heteroatoms. The second-order valence-electron chi connectivity index (χ2n) is 9.33. The van der Waals surface area contributed by atoms with Crippen molar-refractivity contribution in [3.05, 3.63) is 54.1 Å². The van der Waals surface area contributed by atoms with Gasteiger partial charge in [0.15, 0.2) is 0 Å². The van der Waals surface area contributed by atoms with Crippen molar-refractivity contribution in [1.82, 2.24) is 0 Å². The van der Waals surface area contributed by atoms with Gasteiger partial charge in [-0.2, -0.15) is 0 Å². The minimum absolute atomic E-state index is 0.232. The van der Waals surface area contributed by atoms with Gasteiger partial charge in [-0.1, -0.05) is 115 Å². The molecule has 0 aliphatic carbocycles. The lowest BCUT2D eigenvalue weighted by atomic mass is 10.0. The summed E-state index contributed by atoms with van der Waals surface area (Å²) < 4.78 is 11.3. The Morgan fingerprint density at radius 1 is 0.559 bits per heavy atom. The monoisotopic (exact) mass is 466 g/mol. The Labute approximate surface area is 208 Å². The second-order valence-corrected chi connectivity index (χ2v) is 9.33. The van der Waals surface area contributed by atoms with E-state index >= 15 is 0 Å². The Balaban J connectivity index is 1.65. The van der Waals surface area contributed by atoms with Crippen LogP contribution in [0.25, 0.3) is 11.1 Å². The van der Waals surface area contributed by atoms with Crippen molar-refractivity contribution in [1.29, 1.82) is 0 Å². The zero-order valence-electron chi connectivity index (χ0n) is 21.7. The number of esters is 1. The Morgan fingerprint density at radius 3 is 1.53 bits per heavy atom. The minimum atomic E-state index is -0.232. The third-order valence-electron chi connectivity index (χ3n) is 6.31. The molecular formula is C31H46O3. The van der Waals surface area contributed by atoms with E-state index in [0.717, 1.165) is 42.7 Å². The summed E-state index contributed by atoms with van der Waals surface area (Å²) in [5, 5.41) is 0. The van der Waals surface area contributed by atoms with Crippen LogP contribution in [0.2, 0.25) is 0 Å². The predicted molar refractivity (Wildman–Crippen MR) is 144 cm³/mol. The average molecular weight is 467 g/mol. The molecule has 2 aromatic rings. The fourth-order valence-electron chi connectivity index (χ4n) is 4.10. The van der Waals surface area contributed by atoms with Crippen molar-refractivity contribution < 1.29 is 14.3 Å². The molecule has 0 fully saturated rings. The van der Waals surface area contributed by atoms with Crippen LogP contribution in [0, 0.1) is 0 Å². The summed E-state index contributed by atoms with van der Waals surface area (Å²) in [6.45, 7) is 5.77. The first-order valence-corrected chi connectivity index (χ1v) is 13.7. The summed E-state index contributed by atoms with van der Waals surface area (Å²) in [7, 11) is 0. The van der Waals surface area contributed by atoms with Crippen molar-refractivity contribution in [2.75, 3.05) is 13.2 Å². The molecule has 0 aliphatic heterocycles. The quantitative estimate of drug-likeness (QED) is 0.153. The highest BCUT2D eigenvalue weighted by molar-refractivity contribution is 5.90. The van der Waals surface area contributed by atoms with Crippen molar-refractivity contribution in [3.63, 3.8) is 0 Å². The van der Waals surface area contributed by atoms with Crippen LogP contribution in [-0.4, -0.2) is 19.2 Å². The minimum Gasteiger partial charge on any atom is -0.494 e. The molecule has 2 aromatic carbocycles. The van der Waals surface area contributed by atoms with Gasteiger partial charge in [0.2, 0.25) is 0 Å². The molecule has 0 heterocycles. The molecule has 0 aromatic heterocycles. The maximum atomic E-state index is 12.3. The highest BCUT2D eigenvalue weighted by atomic mass is 16.5. The van der Waals surface area contributed by atoms with Gasteiger partial charge in [-0.05, 0) is 48.2 Å². The Hall–Kier alpha value is -2.29. The van der Waals surface area contributed by atoms with Gasteiger partial charge in [-0.15, -0.1) is 0 Å². The Bertz CT molecular complexity index is 764. The lowest BCUT2D eigenvalue weighted by molar-refractivity contribution is 0.0497. The van der Waals surface area contributed by atoms with Crippen LogP contribution >= 0.6 is 0 Å². The first-order chi connectivity index (χ1) is 16.7. The van der Waals surface area contributed by atoms with Crippen LogP contribution in [0.5, 0.6) is 5.75 Å². The van der Waals surface area contributed by atoms with Gasteiger partial charge >= 0.3 is 5.97 Å². The molecule has 0 spiro atoms. The molecule has 0 saturated heterocycles. The number of rotatable bonds is 19. The zero-order valence-corrected chi connectivity index (χ0v) is 21.7. The van der Waals surface area contributed by atoms with E-state index in [-0.39, 0.29) is 5.97 Å². The summed E-state index contributed by atoms with van der Waals surface area (Å²) in [5.74, 6) is 0.686. The predicted octanol–water partition coefficient (Wildman–Crippen LogP) is 9.39. The first kappa shape index (κ1) is 28.0. The number of carbonyl (C=O) groups excluding carboxylic acids is 1. The standard InChI is InChI=1S/C31H46O3/c1-3-5-7-9-11-12-14-15-25-33-30-23-21-28(22-24-30)27-17-19-29(20-18-27)31(32)34-26-16-13-10-8-6-4-2/h17-24H,3-16,25-26H2,1-2H3. The van der Waals surface area contributed by atoms with E-state index in [1.54, 1.807) is 0 Å². The largest absolute Gasteiger partial charge is 0.494 e. The molecule has 0 aliphatic rings. The fraction of sp³-hybridized carbons (Fsp3) is 0.581. The molecule has 0 saturated carbocycles. The molecule has 3 nitrogen and oxygen atoms in total. The molecule has 0 atom stereocenters. The maximum absolute atomic E-state index is 12.3. The average Bonchev–Trinajstić information content (AvgIpc) is 2.87. The van der Waals surface area contributed by atoms with Gasteiger partial charge in [0.05, 0.1) is 18.8 Å². The Kier molecular flexibility index (Phi) is 14.9. The zero-order chi connectivity index (χ0) is 24.3. The summed E-state index contributed by atoms with van der Waals surface area (Å²) in [5.41, 5.74) is 2.81. The number of carbonyl (C=O) groups is 1. The lowest BCUT2D eigenvalue weighted by Crippen LogP contribution is -2.06. The fourth-order valence-corrected chi connectivity index (χ4v) is 4.10. The lowest BCUT2D eigenvalue weighted by Gasteiger charge is -2.08.